The first-order chi connectivity index (χ1) is 9.66. The first kappa shape index (κ1) is 14.3. The number of carboxylic acid groups (broad SMARTS) is 1. The fraction of sp³-hybridized carbons (Fsp3) is 0.333. The van der Waals surface area contributed by atoms with Gasteiger partial charge in [-0.2, -0.15) is 5.10 Å². The van der Waals surface area contributed by atoms with Gasteiger partial charge in [-0.1, -0.05) is 18.2 Å². The van der Waals surface area contributed by atoms with Crippen LogP contribution in [0.2, 0.25) is 0 Å². The Hall–Kier alpha value is -2.14. The number of para-hydroxylation sites is 1. The zero-order valence-corrected chi connectivity index (χ0v) is 11.5. The summed E-state index contributed by atoms with van der Waals surface area (Å²) < 4.78 is 1.84. The number of hydrogen-bond donors (Lipinski definition) is 2. The van der Waals surface area contributed by atoms with Crippen molar-refractivity contribution < 1.29 is 9.90 Å². The molecule has 1 aromatic carbocycles. The summed E-state index contributed by atoms with van der Waals surface area (Å²) in [5.74, 6) is -0.753. The van der Waals surface area contributed by atoms with Crippen molar-refractivity contribution in [3.8, 4) is 5.69 Å². The number of carbonyl (C=O) groups is 1. The van der Waals surface area contributed by atoms with E-state index in [2.05, 4.69) is 10.4 Å². The lowest BCUT2D eigenvalue weighted by molar-refractivity contribution is -0.137. The van der Waals surface area contributed by atoms with E-state index in [0.29, 0.717) is 13.0 Å². The molecule has 1 aromatic heterocycles. The molecular weight excluding hydrogens is 254 g/mol. The third-order valence-electron chi connectivity index (χ3n) is 3.14. The highest BCUT2D eigenvalue weighted by Crippen LogP contribution is 2.14. The van der Waals surface area contributed by atoms with Crippen molar-refractivity contribution in [1.82, 2.24) is 15.1 Å². The molecule has 0 fully saturated rings. The summed E-state index contributed by atoms with van der Waals surface area (Å²) in [7, 11) is 0. The second kappa shape index (κ2) is 6.86. The predicted octanol–water partition coefficient (Wildman–Crippen LogP) is 2.39. The minimum atomic E-state index is -0.753. The van der Waals surface area contributed by atoms with Crippen LogP contribution < -0.4 is 5.32 Å². The number of nitrogens with zero attached hydrogens (tertiary/aromatic N) is 2. The minimum Gasteiger partial charge on any atom is -0.481 e. The molecule has 106 valence electrons. The molecule has 0 amide bonds. The van der Waals surface area contributed by atoms with Crippen LogP contribution in [0.1, 0.15) is 31.4 Å². The standard InChI is InChI=1S/C15H19N3O2/c1-12(16-9-5-8-15(19)20)13-10-17-18(11-13)14-6-3-2-4-7-14/h2-4,6-7,10-12,16H,5,8-9H2,1H3,(H,19,20). The summed E-state index contributed by atoms with van der Waals surface area (Å²) in [6.07, 6.45) is 4.65. The lowest BCUT2D eigenvalue weighted by Crippen LogP contribution is -2.20. The van der Waals surface area contributed by atoms with Gasteiger partial charge in [0.1, 0.15) is 0 Å². The van der Waals surface area contributed by atoms with Crippen LogP contribution in [-0.4, -0.2) is 27.4 Å². The lowest BCUT2D eigenvalue weighted by atomic mass is 10.2. The molecule has 0 aliphatic heterocycles. The maximum Gasteiger partial charge on any atom is 0.303 e. The zero-order valence-electron chi connectivity index (χ0n) is 11.5. The second-order valence-electron chi connectivity index (χ2n) is 4.73. The van der Waals surface area contributed by atoms with E-state index in [0.717, 1.165) is 11.3 Å². The van der Waals surface area contributed by atoms with E-state index in [1.54, 1.807) is 0 Å². The molecule has 0 aliphatic carbocycles. The average Bonchev–Trinajstić information content (AvgIpc) is 2.94. The zero-order chi connectivity index (χ0) is 14.4. The highest BCUT2D eigenvalue weighted by molar-refractivity contribution is 5.66. The van der Waals surface area contributed by atoms with E-state index < -0.39 is 5.97 Å². The molecule has 0 aliphatic rings. The first-order valence-corrected chi connectivity index (χ1v) is 6.72. The largest absolute Gasteiger partial charge is 0.481 e. The number of aliphatic carboxylic acids is 1. The van der Waals surface area contributed by atoms with Crippen LogP contribution in [0.3, 0.4) is 0 Å². The normalized spacial score (nSPS) is 12.2. The molecule has 1 atom stereocenters. The van der Waals surface area contributed by atoms with Gasteiger partial charge in [-0.15, -0.1) is 0 Å². The van der Waals surface area contributed by atoms with Gasteiger partial charge in [0, 0.05) is 24.2 Å². The Morgan fingerprint density at radius 2 is 2.15 bits per heavy atom. The molecule has 20 heavy (non-hydrogen) atoms. The molecule has 0 saturated heterocycles. The van der Waals surface area contributed by atoms with Crippen LogP contribution >= 0.6 is 0 Å². The van der Waals surface area contributed by atoms with E-state index in [4.69, 9.17) is 5.11 Å². The number of rotatable bonds is 7. The molecule has 1 unspecified atom stereocenters. The third-order valence-corrected chi connectivity index (χ3v) is 3.14. The van der Waals surface area contributed by atoms with E-state index >= 15 is 0 Å². The maximum atomic E-state index is 10.4. The molecular formula is C15H19N3O2. The van der Waals surface area contributed by atoms with Crippen LogP contribution in [0.4, 0.5) is 0 Å². The minimum absolute atomic E-state index is 0.154. The van der Waals surface area contributed by atoms with Gasteiger partial charge in [0.15, 0.2) is 0 Å². The van der Waals surface area contributed by atoms with Crippen molar-refractivity contribution in [2.45, 2.75) is 25.8 Å². The summed E-state index contributed by atoms with van der Waals surface area (Å²) >= 11 is 0. The molecule has 2 N–H and O–H groups in total. The van der Waals surface area contributed by atoms with Crippen LogP contribution in [0.15, 0.2) is 42.7 Å². The van der Waals surface area contributed by atoms with Crippen molar-refractivity contribution in [3.63, 3.8) is 0 Å². The van der Waals surface area contributed by atoms with Crippen molar-refractivity contribution in [1.29, 1.82) is 0 Å². The van der Waals surface area contributed by atoms with Crippen LogP contribution in [0.5, 0.6) is 0 Å². The monoisotopic (exact) mass is 273 g/mol. The van der Waals surface area contributed by atoms with Crippen molar-refractivity contribution >= 4 is 5.97 Å². The molecule has 0 saturated carbocycles. The topological polar surface area (TPSA) is 67.2 Å². The summed E-state index contributed by atoms with van der Waals surface area (Å²) in [5, 5.41) is 16.2. The molecule has 2 rings (SSSR count). The Kier molecular flexibility index (Phi) is 4.90. The molecule has 1 heterocycles. The number of hydrogen-bond acceptors (Lipinski definition) is 3. The molecule has 5 heteroatoms. The number of benzene rings is 1. The first-order valence-electron chi connectivity index (χ1n) is 6.72. The van der Waals surface area contributed by atoms with Gasteiger partial charge in [0.25, 0.3) is 0 Å². The van der Waals surface area contributed by atoms with Gasteiger partial charge < -0.3 is 10.4 Å². The fourth-order valence-corrected chi connectivity index (χ4v) is 1.96. The van der Waals surface area contributed by atoms with Gasteiger partial charge in [-0.05, 0) is 32.0 Å². The van der Waals surface area contributed by atoms with Crippen molar-refractivity contribution in [2.24, 2.45) is 0 Å². The van der Waals surface area contributed by atoms with E-state index in [1.165, 1.54) is 0 Å². The Balaban J connectivity index is 1.90. The van der Waals surface area contributed by atoms with Gasteiger partial charge in [-0.25, -0.2) is 4.68 Å². The van der Waals surface area contributed by atoms with Gasteiger partial charge >= 0.3 is 5.97 Å². The highest BCUT2D eigenvalue weighted by Gasteiger charge is 2.08. The molecule has 5 nitrogen and oxygen atoms in total. The second-order valence-corrected chi connectivity index (χ2v) is 4.73. The van der Waals surface area contributed by atoms with Gasteiger partial charge in [-0.3, -0.25) is 4.79 Å². The van der Waals surface area contributed by atoms with E-state index in [1.807, 2.05) is 54.3 Å². The quantitative estimate of drug-likeness (QED) is 0.760. The van der Waals surface area contributed by atoms with Crippen LogP contribution in [0.25, 0.3) is 5.69 Å². The van der Waals surface area contributed by atoms with Crippen molar-refractivity contribution in [2.75, 3.05) is 6.54 Å². The Morgan fingerprint density at radius 3 is 2.85 bits per heavy atom. The lowest BCUT2D eigenvalue weighted by Gasteiger charge is -2.11. The number of nitrogens with one attached hydrogen (secondary N) is 1. The predicted molar refractivity (Wildman–Crippen MR) is 76.9 cm³/mol. The molecule has 0 radical (unpaired) electrons. The number of aromatic nitrogens is 2. The average molecular weight is 273 g/mol. The summed E-state index contributed by atoms with van der Waals surface area (Å²) in [5.41, 5.74) is 2.11. The molecule has 0 bridgehead atoms. The van der Waals surface area contributed by atoms with Crippen LogP contribution in [0, 0.1) is 0 Å². The highest BCUT2D eigenvalue weighted by atomic mass is 16.4. The Labute approximate surface area is 118 Å². The van der Waals surface area contributed by atoms with Gasteiger partial charge in [0.05, 0.1) is 11.9 Å². The Bertz CT molecular complexity index is 551. The summed E-state index contributed by atoms with van der Waals surface area (Å²) in [6, 6.07) is 10.1. The number of carboxylic acids is 1. The van der Waals surface area contributed by atoms with Crippen LogP contribution in [-0.2, 0) is 4.79 Å². The van der Waals surface area contributed by atoms with E-state index in [-0.39, 0.29) is 12.5 Å². The van der Waals surface area contributed by atoms with E-state index in [9.17, 15) is 4.79 Å². The maximum absolute atomic E-state index is 10.4. The fourth-order valence-electron chi connectivity index (χ4n) is 1.96. The third kappa shape index (κ3) is 3.93. The smallest absolute Gasteiger partial charge is 0.303 e. The molecule has 0 spiro atoms. The summed E-state index contributed by atoms with van der Waals surface area (Å²) in [4.78, 5) is 10.4. The summed E-state index contributed by atoms with van der Waals surface area (Å²) in [6.45, 7) is 2.73. The molecule has 2 aromatic rings. The Morgan fingerprint density at radius 1 is 1.40 bits per heavy atom. The SMILES string of the molecule is CC(NCCCC(=O)O)c1cnn(-c2ccccc2)c1. The van der Waals surface area contributed by atoms with Crippen molar-refractivity contribution in [3.05, 3.63) is 48.3 Å². The van der Waals surface area contributed by atoms with Gasteiger partial charge in [0.2, 0.25) is 0 Å².